The van der Waals surface area contributed by atoms with Gasteiger partial charge in [-0.1, -0.05) is 61.0 Å². The lowest BCUT2D eigenvalue weighted by molar-refractivity contribution is -0.385. The number of nitrogens with zero attached hydrogens (tertiary/aromatic N) is 4. The highest BCUT2D eigenvalue weighted by Crippen LogP contribution is 2.33. The Labute approximate surface area is 227 Å². The lowest BCUT2D eigenvalue weighted by Gasteiger charge is -2.22. The minimum atomic E-state index is -0.511. The number of anilines is 1. The van der Waals surface area contributed by atoms with Crippen LogP contribution in [0.2, 0.25) is 0 Å². The molecule has 1 heterocycles. The Hall–Kier alpha value is -4.79. The summed E-state index contributed by atoms with van der Waals surface area (Å²) in [5, 5.41) is 19.1. The van der Waals surface area contributed by atoms with Crippen LogP contribution in [0.15, 0.2) is 72.8 Å². The first-order valence-corrected chi connectivity index (χ1v) is 12.8. The van der Waals surface area contributed by atoms with Crippen LogP contribution < -0.4 is 5.32 Å². The molecule has 0 atom stereocenters. The van der Waals surface area contributed by atoms with Gasteiger partial charge < -0.3 is 10.2 Å². The van der Waals surface area contributed by atoms with Gasteiger partial charge in [-0.3, -0.25) is 19.7 Å². The number of carbonyl (C=O) groups excluding carboxylic acids is 2. The maximum Gasteiger partial charge on any atom is 0.273 e. The van der Waals surface area contributed by atoms with Gasteiger partial charge in [0, 0.05) is 29.3 Å². The van der Waals surface area contributed by atoms with E-state index in [0.717, 1.165) is 28.1 Å². The van der Waals surface area contributed by atoms with E-state index in [1.54, 1.807) is 23.7 Å². The van der Waals surface area contributed by atoms with Crippen LogP contribution in [0.3, 0.4) is 0 Å². The van der Waals surface area contributed by atoms with Crippen molar-refractivity contribution in [2.24, 2.45) is 0 Å². The molecule has 0 aliphatic rings. The number of aryl methyl sites for hydroxylation is 3. The molecule has 3 aromatic carbocycles. The number of nitrogens with one attached hydrogen (secondary N) is 1. The first kappa shape index (κ1) is 27.3. The van der Waals surface area contributed by atoms with Crippen molar-refractivity contribution in [1.82, 2.24) is 14.7 Å². The van der Waals surface area contributed by atoms with Gasteiger partial charge in [-0.05, 0) is 51.0 Å². The van der Waals surface area contributed by atoms with Crippen molar-refractivity contribution in [2.45, 2.75) is 34.1 Å². The second kappa shape index (κ2) is 11.7. The maximum absolute atomic E-state index is 13.4. The van der Waals surface area contributed by atoms with Crippen LogP contribution in [0, 0.1) is 30.9 Å². The van der Waals surface area contributed by atoms with Gasteiger partial charge in [-0.2, -0.15) is 5.10 Å². The Morgan fingerprint density at radius 1 is 1.00 bits per heavy atom. The zero-order valence-corrected chi connectivity index (χ0v) is 22.5. The molecule has 0 aliphatic carbocycles. The first-order valence-electron chi connectivity index (χ1n) is 12.8. The van der Waals surface area contributed by atoms with Gasteiger partial charge in [0.2, 0.25) is 5.91 Å². The van der Waals surface area contributed by atoms with Crippen molar-refractivity contribution in [1.29, 1.82) is 0 Å². The minimum absolute atomic E-state index is 0.133. The van der Waals surface area contributed by atoms with Crippen molar-refractivity contribution in [3.63, 3.8) is 0 Å². The van der Waals surface area contributed by atoms with E-state index in [9.17, 15) is 19.7 Å². The van der Waals surface area contributed by atoms with Crippen molar-refractivity contribution in [2.75, 3.05) is 18.4 Å². The van der Waals surface area contributed by atoms with Crippen molar-refractivity contribution in [3.8, 4) is 16.8 Å². The maximum atomic E-state index is 13.4. The molecular weight excluding hydrogens is 494 g/mol. The predicted molar refractivity (Wildman–Crippen MR) is 151 cm³/mol. The number of hydrogen-bond donors (Lipinski definition) is 1. The molecule has 4 rings (SSSR count). The molecule has 0 saturated heterocycles. The number of nitro groups is 1. The highest BCUT2D eigenvalue weighted by Gasteiger charge is 2.24. The van der Waals surface area contributed by atoms with Gasteiger partial charge in [0.25, 0.3) is 11.6 Å². The second-order valence-corrected chi connectivity index (χ2v) is 9.46. The normalized spacial score (nSPS) is 10.8. The molecule has 4 aromatic rings. The summed E-state index contributed by atoms with van der Waals surface area (Å²) in [5.74, 6) is -0.340. The Morgan fingerprint density at radius 2 is 1.69 bits per heavy atom. The van der Waals surface area contributed by atoms with Crippen LogP contribution in [0.4, 0.5) is 11.5 Å². The van der Waals surface area contributed by atoms with Crippen LogP contribution >= 0.6 is 0 Å². The van der Waals surface area contributed by atoms with E-state index < -0.39 is 16.7 Å². The van der Waals surface area contributed by atoms with E-state index in [-0.39, 0.29) is 17.8 Å². The van der Waals surface area contributed by atoms with Crippen LogP contribution in [0.25, 0.3) is 16.8 Å². The average molecular weight is 526 g/mol. The van der Waals surface area contributed by atoms with Gasteiger partial charge in [0.1, 0.15) is 12.4 Å². The number of benzene rings is 3. The van der Waals surface area contributed by atoms with Crippen molar-refractivity contribution < 1.29 is 14.5 Å². The number of amides is 2. The van der Waals surface area contributed by atoms with E-state index in [0.29, 0.717) is 24.3 Å². The molecule has 0 spiro atoms. The van der Waals surface area contributed by atoms with E-state index in [4.69, 9.17) is 5.10 Å². The van der Waals surface area contributed by atoms with Gasteiger partial charge in [-0.25, -0.2) is 4.68 Å². The van der Waals surface area contributed by atoms with Crippen molar-refractivity contribution in [3.05, 3.63) is 105 Å². The molecule has 0 aliphatic heterocycles. The number of nitro benzene ring substituents is 1. The van der Waals surface area contributed by atoms with Crippen molar-refractivity contribution >= 4 is 23.3 Å². The SMILES string of the molecule is CCCN(CC(=O)Nc1c(-c2ccccc2)c(C)nn1-c1ccc(C)cc1)C(=O)c1ccc(C)c([N+](=O)[O-])c1. The monoisotopic (exact) mass is 525 g/mol. The fraction of sp³-hybridized carbons (Fsp3) is 0.233. The van der Waals surface area contributed by atoms with E-state index in [1.807, 2.05) is 75.4 Å². The van der Waals surface area contributed by atoms with E-state index in [1.165, 1.54) is 11.0 Å². The summed E-state index contributed by atoms with van der Waals surface area (Å²) < 4.78 is 1.70. The molecule has 200 valence electrons. The Morgan fingerprint density at radius 3 is 2.33 bits per heavy atom. The summed E-state index contributed by atoms with van der Waals surface area (Å²) in [6.07, 6.45) is 0.614. The number of hydrogen-bond acceptors (Lipinski definition) is 5. The summed E-state index contributed by atoms with van der Waals surface area (Å²) in [7, 11) is 0. The van der Waals surface area contributed by atoms with Gasteiger partial charge in [0.15, 0.2) is 0 Å². The fourth-order valence-corrected chi connectivity index (χ4v) is 4.45. The van der Waals surface area contributed by atoms with Crippen LogP contribution in [-0.2, 0) is 4.79 Å². The minimum Gasteiger partial charge on any atom is -0.329 e. The molecule has 0 saturated carbocycles. The predicted octanol–water partition coefficient (Wildman–Crippen LogP) is 5.86. The zero-order chi connectivity index (χ0) is 28.1. The zero-order valence-electron chi connectivity index (χ0n) is 22.5. The summed E-state index contributed by atoms with van der Waals surface area (Å²) in [4.78, 5) is 39.1. The molecule has 0 radical (unpaired) electrons. The largest absolute Gasteiger partial charge is 0.329 e. The summed E-state index contributed by atoms with van der Waals surface area (Å²) >= 11 is 0. The molecule has 1 aromatic heterocycles. The fourth-order valence-electron chi connectivity index (χ4n) is 4.45. The molecule has 39 heavy (non-hydrogen) atoms. The topological polar surface area (TPSA) is 110 Å². The van der Waals surface area contributed by atoms with E-state index in [2.05, 4.69) is 5.32 Å². The lowest BCUT2D eigenvalue weighted by Crippen LogP contribution is -2.38. The van der Waals surface area contributed by atoms with Gasteiger partial charge in [-0.15, -0.1) is 0 Å². The average Bonchev–Trinajstić information content (AvgIpc) is 3.24. The molecule has 0 bridgehead atoms. The third kappa shape index (κ3) is 6.04. The highest BCUT2D eigenvalue weighted by atomic mass is 16.6. The standard InChI is InChI=1S/C30H31N5O4/c1-5-17-33(30(37)24-14-13-21(3)26(18-24)35(38)39)19-27(36)31-29-28(23-9-7-6-8-10-23)22(4)32-34(29)25-15-11-20(2)12-16-25/h6-16,18H,5,17,19H2,1-4H3,(H,31,36). The molecule has 9 heteroatoms. The number of aromatic nitrogens is 2. The van der Waals surface area contributed by atoms with Gasteiger partial charge in [0.05, 0.1) is 16.3 Å². The Bertz CT molecular complexity index is 1510. The third-order valence-corrected chi connectivity index (χ3v) is 6.43. The third-order valence-electron chi connectivity index (χ3n) is 6.43. The first-order chi connectivity index (χ1) is 18.7. The molecule has 1 N–H and O–H groups in total. The molecule has 0 unspecified atom stereocenters. The number of carbonyl (C=O) groups is 2. The summed E-state index contributed by atoms with van der Waals surface area (Å²) in [6.45, 7) is 7.50. The number of rotatable bonds is 9. The lowest BCUT2D eigenvalue weighted by atomic mass is 10.1. The highest BCUT2D eigenvalue weighted by molar-refractivity contribution is 6.01. The van der Waals surface area contributed by atoms with E-state index >= 15 is 0 Å². The Balaban J connectivity index is 1.67. The quantitative estimate of drug-likeness (QED) is 0.217. The Kier molecular flexibility index (Phi) is 8.19. The molecular formula is C30H31N5O4. The molecule has 9 nitrogen and oxygen atoms in total. The summed E-state index contributed by atoms with van der Waals surface area (Å²) in [6, 6.07) is 21.9. The second-order valence-electron chi connectivity index (χ2n) is 9.46. The molecule has 2 amide bonds. The van der Waals surface area contributed by atoms with Crippen LogP contribution in [-0.4, -0.2) is 44.5 Å². The molecule has 0 fully saturated rings. The summed E-state index contributed by atoms with van der Waals surface area (Å²) in [5.41, 5.74) is 4.81. The van der Waals surface area contributed by atoms with Gasteiger partial charge >= 0.3 is 0 Å². The van der Waals surface area contributed by atoms with Crippen LogP contribution in [0.1, 0.15) is 40.5 Å². The smallest absolute Gasteiger partial charge is 0.273 e. The van der Waals surface area contributed by atoms with Crippen LogP contribution in [0.5, 0.6) is 0 Å².